The van der Waals surface area contributed by atoms with Gasteiger partial charge in [-0.2, -0.15) is 0 Å². The van der Waals surface area contributed by atoms with E-state index in [2.05, 4.69) is 10.3 Å². The Hall–Kier alpha value is -1.37. The molecule has 0 spiro atoms. The lowest BCUT2D eigenvalue weighted by Crippen LogP contribution is -2.40. The van der Waals surface area contributed by atoms with Crippen LogP contribution in [-0.2, 0) is 4.74 Å². The van der Waals surface area contributed by atoms with E-state index in [-0.39, 0.29) is 12.0 Å². The van der Waals surface area contributed by atoms with Gasteiger partial charge in [-0.1, -0.05) is 24.4 Å². The molecular formula is C17H24ClN3O3. The van der Waals surface area contributed by atoms with Crippen LogP contribution in [0, 0.1) is 5.92 Å². The van der Waals surface area contributed by atoms with Crippen LogP contribution in [0.2, 0.25) is 5.02 Å². The molecule has 6 nitrogen and oxygen atoms in total. The number of amides is 1. The molecule has 132 valence electrons. The normalized spacial score (nSPS) is 20.2. The minimum Gasteiger partial charge on any atom is -0.391 e. The van der Waals surface area contributed by atoms with E-state index in [0.717, 1.165) is 12.8 Å². The van der Waals surface area contributed by atoms with Crippen LogP contribution in [0.3, 0.4) is 0 Å². The summed E-state index contributed by atoms with van der Waals surface area (Å²) in [5.74, 6) is 0.788. The van der Waals surface area contributed by atoms with E-state index >= 15 is 0 Å². The van der Waals surface area contributed by atoms with Gasteiger partial charge in [0.1, 0.15) is 5.82 Å². The number of ether oxygens (including phenoxy) is 1. The van der Waals surface area contributed by atoms with Crippen LogP contribution >= 0.6 is 11.6 Å². The summed E-state index contributed by atoms with van der Waals surface area (Å²) >= 11 is 6.25. The van der Waals surface area contributed by atoms with E-state index in [0.29, 0.717) is 55.2 Å². The molecule has 3 rings (SSSR count). The second kappa shape index (κ2) is 8.14. The zero-order chi connectivity index (χ0) is 16.9. The first-order valence-corrected chi connectivity index (χ1v) is 8.97. The predicted octanol–water partition coefficient (Wildman–Crippen LogP) is 2.17. The highest BCUT2D eigenvalue weighted by atomic mass is 35.5. The standard InChI is InChI=1S/C17H24ClN3O3/c18-14-9-13(17(23)21-5-7-24-8-6-21)10-19-16(14)20-11-15(22)12-3-1-2-4-12/h9-10,12,15,22H,1-8,11H2,(H,19,20). The van der Waals surface area contributed by atoms with Crippen molar-refractivity contribution >= 4 is 23.3 Å². The number of aromatic nitrogens is 1. The number of anilines is 1. The quantitative estimate of drug-likeness (QED) is 0.848. The van der Waals surface area contributed by atoms with Crippen molar-refractivity contribution in [3.63, 3.8) is 0 Å². The molecule has 1 unspecified atom stereocenters. The molecule has 1 atom stereocenters. The highest BCUT2D eigenvalue weighted by Crippen LogP contribution is 2.28. The molecule has 1 saturated heterocycles. The van der Waals surface area contributed by atoms with Gasteiger partial charge in [0.15, 0.2) is 0 Å². The largest absolute Gasteiger partial charge is 0.391 e. The number of carbonyl (C=O) groups is 1. The fourth-order valence-electron chi connectivity index (χ4n) is 3.34. The van der Waals surface area contributed by atoms with Gasteiger partial charge in [0, 0.05) is 25.8 Å². The summed E-state index contributed by atoms with van der Waals surface area (Å²) < 4.78 is 5.26. The van der Waals surface area contributed by atoms with Crippen molar-refractivity contribution in [2.45, 2.75) is 31.8 Å². The highest BCUT2D eigenvalue weighted by molar-refractivity contribution is 6.33. The minimum absolute atomic E-state index is 0.0785. The molecule has 2 fully saturated rings. The zero-order valence-corrected chi connectivity index (χ0v) is 14.5. The molecule has 24 heavy (non-hydrogen) atoms. The van der Waals surface area contributed by atoms with E-state index < -0.39 is 0 Å². The van der Waals surface area contributed by atoms with Crippen molar-refractivity contribution < 1.29 is 14.6 Å². The van der Waals surface area contributed by atoms with Gasteiger partial charge in [0.2, 0.25) is 0 Å². The SMILES string of the molecule is O=C(c1cnc(NCC(O)C2CCCC2)c(Cl)c1)N1CCOCC1. The summed E-state index contributed by atoms with van der Waals surface area (Å²) in [6.07, 6.45) is 5.69. The molecule has 1 amide bonds. The third-order valence-corrected chi connectivity index (χ3v) is 5.10. The van der Waals surface area contributed by atoms with Crippen LogP contribution in [0.15, 0.2) is 12.3 Å². The van der Waals surface area contributed by atoms with Crippen LogP contribution in [0.5, 0.6) is 0 Å². The number of aliphatic hydroxyl groups excluding tert-OH is 1. The summed E-state index contributed by atoms with van der Waals surface area (Å²) in [5.41, 5.74) is 0.476. The van der Waals surface area contributed by atoms with E-state index in [1.54, 1.807) is 11.0 Å². The predicted molar refractivity (Wildman–Crippen MR) is 92.4 cm³/mol. The van der Waals surface area contributed by atoms with E-state index in [1.807, 2.05) is 0 Å². The Morgan fingerprint density at radius 1 is 1.42 bits per heavy atom. The lowest BCUT2D eigenvalue weighted by molar-refractivity contribution is 0.0302. The number of carbonyl (C=O) groups excluding carboxylic acids is 1. The van der Waals surface area contributed by atoms with Crippen molar-refractivity contribution in [2.75, 3.05) is 38.2 Å². The van der Waals surface area contributed by atoms with Crippen molar-refractivity contribution in [1.82, 2.24) is 9.88 Å². The molecule has 0 bridgehead atoms. The molecule has 7 heteroatoms. The highest BCUT2D eigenvalue weighted by Gasteiger charge is 2.23. The number of nitrogens with zero attached hydrogens (tertiary/aromatic N) is 2. The fraction of sp³-hybridized carbons (Fsp3) is 0.647. The fourth-order valence-corrected chi connectivity index (χ4v) is 3.58. The Morgan fingerprint density at radius 3 is 2.79 bits per heavy atom. The minimum atomic E-state index is -0.389. The van der Waals surface area contributed by atoms with Crippen LogP contribution in [-0.4, -0.2) is 59.8 Å². The molecule has 1 saturated carbocycles. The van der Waals surface area contributed by atoms with Crippen molar-refractivity contribution in [2.24, 2.45) is 5.92 Å². The van der Waals surface area contributed by atoms with Crippen molar-refractivity contribution in [3.05, 3.63) is 22.8 Å². The average molecular weight is 354 g/mol. The number of nitrogens with one attached hydrogen (secondary N) is 1. The molecule has 1 aromatic rings. The maximum absolute atomic E-state index is 12.4. The number of hydrogen-bond acceptors (Lipinski definition) is 5. The molecule has 1 aromatic heterocycles. The maximum Gasteiger partial charge on any atom is 0.255 e. The van der Waals surface area contributed by atoms with E-state index in [4.69, 9.17) is 16.3 Å². The van der Waals surface area contributed by atoms with Gasteiger partial charge in [-0.3, -0.25) is 4.79 Å². The smallest absolute Gasteiger partial charge is 0.255 e. The molecule has 0 radical (unpaired) electrons. The zero-order valence-electron chi connectivity index (χ0n) is 13.7. The van der Waals surface area contributed by atoms with E-state index in [1.165, 1.54) is 19.0 Å². The van der Waals surface area contributed by atoms with Gasteiger partial charge >= 0.3 is 0 Å². The van der Waals surface area contributed by atoms with Gasteiger partial charge in [-0.25, -0.2) is 4.98 Å². The van der Waals surface area contributed by atoms with Gasteiger partial charge in [0.05, 0.1) is 29.9 Å². The third kappa shape index (κ3) is 4.18. The van der Waals surface area contributed by atoms with Gasteiger partial charge in [-0.15, -0.1) is 0 Å². The Bertz CT molecular complexity index is 572. The van der Waals surface area contributed by atoms with Crippen LogP contribution in [0.25, 0.3) is 0 Å². The topological polar surface area (TPSA) is 74.7 Å². The van der Waals surface area contributed by atoms with Gasteiger partial charge in [-0.05, 0) is 24.8 Å². The summed E-state index contributed by atoms with van der Waals surface area (Å²) in [6, 6.07) is 1.64. The Kier molecular flexibility index (Phi) is 5.92. The number of morpholine rings is 1. The second-order valence-electron chi connectivity index (χ2n) is 6.45. The molecule has 1 aliphatic heterocycles. The number of pyridine rings is 1. The van der Waals surface area contributed by atoms with Crippen molar-refractivity contribution in [1.29, 1.82) is 0 Å². The molecule has 1 aliphatic carbocycles. The molecule has 2 aliphatic rings. The van der Waals surface area contributed by atoms with E-state index in [9.17, 15) is 9.90 Å². The number of hydrogen-bond donors (Lipinski definition) is 2. The first kappa shape index (κ1) is 17.5. The summed E-state index contributed by atoms with van der Waals surface area (Å²) in [4.78, 5) is 18.4. The van der Waals surface area contributed by atoms with Crippen LogP contribution < -0.4 is 5.32 Å². The summed E-state index contributed by atoms with van der Waals surface area (Å²) in [7, 11) is 0. The first-order chi connectivity index (χ1) is 11.6. The Labute approximate surface area is 147 Å². The Morgan fingerprint density at radius 2 is 2.12 bits per heavy atom. The van der Waals surface area contributed by atoms with Crippen molar-refractivity contribution in [3.8, 4) is 0 Å². The molecular weight excluding hydrogens is 330 g/mol. The lowest BCUT2D eigenvalue weighted by Gasteiger charge is -2.26. The van der Waals surface area contributed by atoms with Gasteiger partial charge in [0.25, 0.3) is 5.91 Å². The average Bonchev–Trinajstić information content (AvgIpc) is 3.15. The lowest BCUT2D eigenvalue weighted by atomic mass is 10.0. The first-order valence-electron chi connectivity index (χ1n) is 8.59. The third-order valence-electron chi connectivity index (χ3n) is 4.81. The number of halogens is 1. The molecule has 2 heterocycles. The monoisotopic (exact) mass is 353 g/mol. The van der Waals surface area contributed by atoms with Crippen LogP contribution in [0.1, 0.15) is 36.0 Å². The van der Waals surface area contributed by atoms with Gasteiger partial charge < -0.3 is 20.1 Å². The number of rotatable bonds is 5. The summed E-state index contributed by atoms with van der Waals surface area (Å²) in [6.45, 7) is 2.72. The maximum atomic E-state index is 12.4. The molecule has 0 aromatic carbocycles. The summed E-state index contributed by atoms with van der Waals surface area (Å²) in [5, 5.41) is 13.7. The Balaban J connectivity index is 1.58. The second-order valence-corrected chi connectivity index (χ2v) is 6.86. The van der Waals surface area contributed by atoms with Crippen LogP contribution in [0.4, 0.5) is 5.82 Å². The molecule has 2 N–H and O–H groups in total. The number of aliphatic hydroxyl groups is 1.